The van der Waals surface area contributed by atoms with Crippen molar-refractivity contribution in [2.75, 3.05) is 29.4 Å². The largest absolute Gasteiger partial charge is 0.417 e. The van der Waals surface area contributed by atoms with E-state index in [1.54, 1.807) is 6.20 Å². The number of fused-ring (bicyclic) bond motifs is 2. The predicted molar refractivity (Wildman–Crippen MR) is 105 cm³/mol. The normalized spacial score (nSPS) is 22.2. The van der Waals surface area contributed by atoms with Crippen molar-refractivity contribution in [3.05, 3.63) is 54.4 Å². The number of benzene rings is 1. The molecular weight excluding hydrogens is 379 g/mol. The zero-order valence-corrected chi connectivity index (χ0v) is 15.7. The summed E-state index contributed by atoms with van der Waals surface area (Å²) in [6, 6.07) is 10.6. The standard InChI is InChI=1S/C21H20F3N5/c22-21(23,24)15-5-6-19(26-11-15)29-10-8-14-7-9-28(13-18(14)29)20-12-25-16-3-1-2-4-17(16)27-20/h1-6,11-12,14,18H,7-10,13H2. The number of hydrogen-bond acceptors (Lipinski definition) is 5. The zero-order chi connectivity index (χ0) is 20.0. The highest BCUT2D eigenvalue weighted by Crippen LogP contribution is 2.36. The highest BCUT2D eigenvalue weighted by Gasteiger charge is 2.40. The molecule has 2 fully saturated rings. The van der Waals surface area contributed by atoms with Crippen molar-refractivity contribution in [1.82, 2.24) is 15.0 Å². The number of pyridine rings is 1. The van der Waals surface area contributed by atoms with Crippen molar-refractivity contribution in [3.8, 4) is 0 Å². The topological polar surface area (TPSA) is 45.2 Å². The van der Waals surface area contributed by atoms with Gasteiger partial charge in [-0.2, -0.15) is 13.2 Å². The summed E-state index contributed by atoms with van der Waals surface area (Å²) in [6.07, 6.45) is 0.423. The van der Waals surface area contributed by atoms with Crippen LogP contribution in [0.15, 0.2) is 48.8 Å². The SMILES string of the molecule is FC(F)(F)c1ccc(N2CCC3CCN(c4cnc5ccccc5n4)CC32)nc1. The van der Waals surface area contributed by atoms with Gasteiger partial charge in [0.2, 0.25) is 0 Å². The van der Waals surface area contributed by atoms with Gasteiger partial charge in [-0.25, -0.2) is 9.97 Å². The summed E-state index contributed by atoms with van der Waals surface area (Å²) in [4.78, 5) is 17.8. The molecule has 2 aliphatic heterocycles. The van der Waals surface area contributed by atoms with Crippen LogP contribution in [0, 0.1) is 5.92 Å². The van der Waals surface area contributed by atoms with Crippen molar-refractivity contribution >= 4 is 22.7 Å². The van der Waals surface area contributed by atoms with Crippen molar-refractivity contribution in [1.29, 1.82) is 0 Å². The van der Waals surface area contributed by atoms with E-state index in [1.165, 1.54) is 6.07 Å². The van der Waals surface area contributed by atoms with Crippen molar-refractivity contribution in [3.63, 3.8) is 0 Å². The van der Waals surface area contributed by atoms with Crippen LogP contribution >= 0.6 is 0 Å². The molecule has 5 rings (SSSR count). The molecule has 0 bridgehead atoms. The maximum absolute atomic E-state index is 12.8. The first-order valence-corrected chi connectivity index (χ1v) is 9.76. The van der Waals surface area contributed by atoms with E-state index < -0.39 is 11.7 Å². The van der Waals surface area contributed by atoms with Crippen LogP contribution in [0.5, 0.6) is 0 Å². The Balaban J connectivity index is 1.38. The minimum Gasteiger partial charge on any atom is -0.353 e. The quantitative estimate of drug-likeness (QED) is 0.648. The molecule has 0 saturated carbocycles. The fourth-order valence-electron chi connectivity index (χ4n) is 4.46. The number of halogens is 3. The van der Waals surface area contributed by atoms with Crippen LogP contribution in [0.2, 0.25) is 0 Å². The second-order valence-electron chi connectivity index (χ2n) is 7.66. The van der Waals surface area contributed by atoms with Gasteiger partial charge < -0.3 is 9.80 Å². The number of para-hydroxylation sites is 2. The second-order valence-corrected chi connectivity index (χ2v) is 7.66. The molecule has 2 aliphatic rings. The molecule has 3 aromatic rings. The summed E-state index contributed by atoms with van der Waals surface area (Å²) in [5.74, 6) is 1.97. The smallest absolute Gasteiger partial charge is 0.353 e. The van der Waals surface area contributed by atoms with Crippen LogP contribution in [-0.4, -0.2) is 40.6 Å². The van der Waals surface area contributed by atoms with Gasteiger partial charge in [0, 0.05) is 25.8 Å². The summed E-state index contributed by atoms with van der Waals surface area (Å²) >= 11 is 0. The maximum atomic E-state index is 12.8. The van der Waals surface area contributed by atoms with E-state index in [0.717, 1.165) is 61.6 Å². The summed E-state index contributed by atoms with van der Waals surface area (Å²) < 4.78 is 38.5. The Morgan fingerprint density at radius 3 is 2.41 bits per heavy atom. The third kappa shape index (κ3) is 3.36. The van der Waals surface area contributed by atoms with Crippen molar-refractivity contribution in [2.45, 2.75) is 25.1 Å². The summed E-state index contributed by atoms with van der Waals surface area (Å²) in [6.45, 7) is 2.48. The first-order chi connectivity index (χ1) is 14.0. The van der Waals surface area contributed by atoms with Crippen molar-refractivity contribution < 1.29 is 13.2 Å². The Kier molecular flexibility index (Phi) is 4.29. The molecule has 0 radical (unpaired) electrons. The highest BCUT2D eigenvalue weighted by atomic mass is 19.4. The monoisotopic (exact) mass is 399 g/mol. The van der Waals surface area contributed by atoms with Crippen molar-refractivity contribution in [2.24, 2.45) is 5.92 Å². The van der Waals surface area contributed by atoms with E-state index in [4.69, 9.17) is 4.98 Å². The number of rotatable bonds is 2. The minimum atomic E-state index is -4.37. The molecule has 0 aliphatic carbocycles. The van der Waals surface area contributed by atoms with Crippen LogP contribution < -0.4 is 9.80 Å². The minimum absolute atomic E-state index is 0.209. The van der Waals surface area contributed by atoms with Gasteiger partial charge in [-0.3, -0.25) is 4.98 Å². The molecule has 150 valence electrons. The maximum Gasteiger partial charge on any atom is 0.417 e. The lowest BCUT2D eigenvalue weighted by atomic mass is 9.92. The van der Waals surface area contributed by atoms with Gasteiger partial charge >= 0.3 is 6.18 Å². The fraction of sp³-hybridized carbons (Fsp3) is 0.381. The van der Waals surface area contributed by atoms with Crippen LogP contribution in [0.1, 0.15) is 18.4 Å². The number of anilines is 2. The van der Waals surface area contributed by atoms with Crippen LogP contribution in [-0.2, 0) is 6.18 Å². The number of aromatic nitrogens is 3. The van der Waals surface area contributed by atoms with Gasteiger partial charge in [-0.05, 0) is 43.0 Å². The third-order valence-corrected chi connectivity index (χ3v) is 5.99. The van der Waals surface area contributed by atoms with E-state index in [1.807, 2.05) is 24.3 Å². The fourth-order valence-corrected chi connectivity index (χ4v) is 4.46. The molecule has 0 amide bonds. The third-order valence-electron chi connectivity index (χ3n) is 5.99. The Labute approximate surface area is 166 Å². The Morgan fingerprint density at radius 1 is 0.862 bits per heavy atom. The summed E-state index contributed by atoms with van der Waals surface area (Å²) in [5, 5.41) is 0. The van der Waals surface area contributed by atoms with Gasteiger partial charge in [0.05, 0.1) is 28.8 Å². The van der Waals surface area contributed by atoms with E-state index in [0.29, 0.717) is 11.7 Å². The predicted octanol–water partition coefficient (Wildman–Crippen LogP) is 4.15. The van der Waals surface area contributed by atoms with Gasteiger partial charge in [0.15, 0.2) is 0 Å². The van der Waals surface area contributed by atoms with E-state index in [-0.39, 0.29) is 6.04 Å². The van der Waals surface area contributed by atoms with Crippen LogP contribution in [0.4, 0.5) is 24.8 Å². The average molecular weight is 399 g/mol. The van der Waals surface area contributed by atoms with E-state index >= 15 is 0 Å². The van der Waals surface area contributed by atoms with Gasteiger partial charge in [0.25, 0.3) is 0 Å². The number of hydrogen-bond donors (Lipinski definition) is 0. The number of nitrogens with zero attached hydrogens (tertiary/aromatic N) is 5. The second kappa shape index (κ2) is 6.86. The Hall–Kier alpha value is -2.90. The van der Waals surface area contributed by atoms with E-state index in [9.17, 15) is 13.2 Å². The lowest BCUT2D eigenvalue weighted by molar-refractivity contribution is -0.137. The first kappa shape index (κ1) is 18.1. The molecule has 0 spiro atoms. The van der Waals surface area contributed by atoms with Crippen LogP contribution in [0.25, 0.3) is 11.0 Å². The first-order valence-electron chi connectivity index (χ1n) is 9.76. The number of alkyl halides is 3. The molecule has 29 heavy (non-hydrogen) atoms. The lowest BCUT2D eigenvalue weighted by Gasteiger charge is -2.39. The molecule has 4 heterocycles. The molecule has 8 heteroatoms. The summed E-state index contributed by atoms with van der Waals surface area (Å²) in [5.41, 5.74) is 1.01. The molecule has 2 unspecified atom stereocenters. The Morgan fingerprint density at radius 2 is 1.66 bits per heavy atom. The number of piperidine rings is 1. The molecule has 2 saturated heterocycles. The molecular formula is C21H20F3N5. The van der Waals surface area contributed by atoms with Gasteiger partial charge in [-0.1, -0.05) is 12.1 Å². The highest BCUT2D eigenvalue weighted by molar-refractivity contribution is 5.75. The van der Waals surface area contributed by atoms with Crippen LogP contribution in [0.3, 0.4) is 0 Å². The lowest BCUT2D eigenvalue weighted by Crippen LogP contribution is -2.48. The Bertz CT molecular complexity index is 1020. The molecule has 2 aromatic heterocycles. The zero-order valence-electron chi connectivity index (χ0n) is 15.7. The van der Waals surface area contributed by atoms with Gasteiger partial charge in [0.1, 0.15) is 11.6 Å². The molecule has 1 aromatic carbocycles. The van der Waals surface area contributed by atoms with Gasteiger partial charge in [-0.15, -0.1) is 0 Å². The molecule has 5 nitrogen and oxygen atoms in total. The summed E-state index contributed by atoms with van der Waals surface area (Å²) in [7, 11) is 0. The van der Waals surface area contributed by atoms with E-state index in [2.05, 4.69) is 19.8 Å². The average Bonchev–Trinajstić information content (AvgIpc) is 3.16. The molecule has 2 atom stereocenters. The molecule has 0 N–H and O–H groups in total.